The van der Waals surface area contributed by atoms with E-state index < -0.39 is 0 Å². The lowest BCUT2D eigenvalue weighted by molar-refractivity contribution is 0.754. The fraction of sp³-hybridized carbons (Fsp3) is 0.500. The van der Waals surface area contributed by atoms with Crippen molar-refractivity contribution in [1.29, 1.82) is 0 Å². The van der Waals surface area contributed by atoms with Gasteiger partial charge in [-0.3, -0.25) is 0 Å². The maximum Gasteiger partial charge on any atom is 0.225 e. The van der Waals surface area contributed by atoms with Gasteiger partial charge in [0.05, 0.1) is 0 Å². The first-order valence-corrected chi connectivity index (χ1v) is 6.84. The van der Waals surface area contributed by atoms with E-state index in [4.69, 9.17) is 11.6 Å². The second kappa shape index (κ2) is 6.04. The first kappa shape index (κ1) is 14.5. The van der Waals surface area contributed by atoms with E-state index >= 15 is 0 Å². The highest BCUT2D eigenvalue weighted by Crippen LogP contribution is 2.26. The Labute approximate surface area is 122 Å². The molecule has 0 aliphatic heterocycles. The fourth-order valence-corrected chi connectivity index (χ4v) is 1.89. The van der Waals surface area contributed by atoms with E-state index in [9.17, 15) is 0 Å². The summed E-state index contributed by atoms with van der Waals surface area (Å²) in [6.45, 7) is 4.17. The van der Waals surface area contributed by atoms with Crippen LogP contribution < -0.4 is 16.0 Å². The predicted octanol–water partition coefficient (Wildman–Crippen LogP) is 2.37. The Bertz CT molecular complexity index is 616. The van der Waals surface area contributed by atoms with Gasteiger partial charge in [0.2, 0.25) is 11.2 Å². The van der Waals surface area contributed by atoms with Gasteiger partial charge in [-0.15, -0.1) is 0 Å². The maximum atomic E-state index is 5.92. The summed E-state index contributed by atoms with van der Waals surface area (Å²) in [5.74, 6) is 1.73. The molecule has 0 saturated heterocycles. The predicted molar refractivity (Wildman–Crippen MR) is 82.6 cm³/mol. The van der Waals surface area contributed by atoms with Gasteiger partial charge in [0.25, 0.3) is 0 Å². The molecule has 0 aliphatic carbocycles. The third kappa shape index (κ3) is 2.82. The molecule has 108 valence electrons. The third-order valence-corrected chi connectivity index (χ3v) is 3.15. The molecule has 0 saturated carbocycles. The lowest BCUT2D eigenvalue weighted by atomic mass is 10.3. The van der Waals surface area contributed by atoms with E-state index in [1.807, 2.05) is 0 Å². The number of fused-ring (bicyclic) bond motifs is 1. The van der Waals surface area contributed by atoms with E-state index in [-0.39, 0.29) is 11.3 Å². The SMILES string of the molecule is CC[C@@H](C)Nc1nc(NC)c2nc(Cl)nc(NC)c2n1. The lowest BCUT2D eigenvalue weighted by Crippen LogP contribution is -2.16. The fourth-order valence-electron chi connectivity index (χ4n) is 1.72. The summed E-state index contributed by atoms with van der Waals surface area (Å²) < 4.78 is 0. The molecule has 0 spiro atoms. The molecule has 0 fully saturated rings. The van der Waals surface area contributed by atoms with Gasteiger partial charge in [0.15, 0.2) is 11.6 Å². The second-order valence-corrected chi connectivity index (χ2v) is 4.73. The standard InChI is InChI=1S/C12H18ClN7/c1-5-6(2)16-12-18-8-7(10(15-4)20-12)17-11(13)19-9(8)14-3/h6H,5H2,1-4H3,(H,14,17,19)(H2,15,16,18,20)/t6-/m1/s1. The zero-order valence-corrected chi connectivity index (χ0v) is 12.7. The first-order valence-electron chi connectivity index (χ1n) is 6.46. The third-order valence-electron chi connectivity index (χ3n) is 2.98. The Hall–Kier alpha value is -1.89. The maximum absolute atomic E-state index is 5.92. The highest BCUT2D eigenvalue weighted by atomic mass is 35.5. The molecule has 2 rings (SSSR count). The van der Waals surface area contributed by atoms with Gasteiger partial charge in [-0.25, -0.2) is 9.97 Å². The number of halogens is 1. The van der Waals surface area contributed by atoms with Gasteiger partial charge in [0, 0.05) is 20.1 Å². The number of rotatable bonds is 5. The molecule has 8 heteroatoms. The molecule has 0 radical (unpaired) electrons. The quantitative estimate of drug-likeness (QED) is 0.730. The van der Waals surface area contributed by atoms with Crippen molar-refractivity contribution in [3.63, 3.8) is 0 Å². The zero-order chi connectivity index (χ0) is 14.7. The summed E-state index contributed by atoms with van der Waals surface area (Å²) >= 11 is 5.92. The Balaban J connectivity index is 2.62. The summed E-state index contributed by atoms with van der Waals surface area (Å²) in [5.41, 5.74) is 1.22. The van der Waals surface area contributed by atoms with Gasteiger partial charge >= 0.3 is 0 Å². The molecule has 2 heterocycles. The van der Waals surface area contributed by atoms with Gasteiger partial charge in [0.1, 0.15) is 11.0 Å². The molecule has 20 heavy (non-hydrogen) atoms. The van der Waals surface area contributed by atoms with Crippen LogP contribution in [-0.2, 0) is 0 Å². The van der Waals surface area contributed by atoms with Crippen molar-refractivity contribution in [3.8, 4) is 0 Å². The minimum absolute atomic E-state index is 0.157. The van der Waals surface area contributed by atoms with Crippen molar-refractivity contribution < 1.29 is 0 Å². The summed E-state index contributed by atoms with van der Waals surface area (Å²) in [5, 5.41) is 9.39. The van der Waals surface area contributed by atoms with Crippen LogP contribution in [0, 0.1) is 0 Å². The number of nitrogens with one attached hydrogen (secondary N) is 3. The average Bonchev–Trinajstić information content (AvgIpc) is 2.45. The Morgan fingerprint density at radius 3 is 2.20 bits per heavy atom. The normalized spacial score (nSPS) is 12.2. The molecule has 3 N–H and O–H groups in total. The van der Waals surface area contributed by atoms with E-state index in [0.717, 1.165) is 6.42 Å². The minimum atomic E-state index is 0.157. The van der Waals surface area contributed by atoms with Crippen LogP contribution in [0.4, 0.5) is 17.6 Å². The summed E-state index contributed by atoms with van der Waals surface area (Å²) in [4.78, 5) is 17.2. The van der Waals surface area contributed by atoms with Crippen molar-refractivity contribution in [2.45, 2.75) is 26.3 Å². The molecule has 7 nitrogen and oxygen atoms in total. The molecule has 0 aliphatic rings. The number of hydrogen-bond donors (Lipinski definition) is 3. The largest absolute Gasteiger partial charge is 0.371 e. The average molecular weight is 296 g/mol. The number of aromatic nitrogens is 4. The molecule has 2 aromatic rings. The highest BCUT2D eigenvalue weighted by Gasteiger charge is 2.14. The highest BCUT2D eigenvalue weighted by molar-refractivity contribution is 6.29. The van der Waals surface area contributed by atoms with Crippen LogP contribution in [-0.4, -0.2) is 40.1 Å². The Morgan fingerprint density at radius 2 is 1.60 bits per heavy atom. The Morgan fingerprint density at radius 1 is 1.00 bits per heavy atom. The van der Waals surface area contributed by atoms with Gasteiger partial charge < -0.3 is 16.0 Å². The first-order chi connectivity index (χ1) is 9.58. The number of anilines is 3. The molecule has 1 atom stereocenters. The molecule has 0 bridgehead atoms. The summed E-state index contributed by atoms with van der Waals surface area (Å²) in [6.07, 6.45) is 0.978. The van der Waals surface area contributed by atoms with Crippen LogP contribution in [0.25, 0.3) is 11.0 Å². The van der Waals surface area contributed by atoms with Crippen molar-refractivity contribution in [2.24, 2.45) is 0 Å². The summed E-state index contributed by atoms with van der Waals surface area (Å²) in [7, 11) is 3.55. The molecular weight excluding hydrogens is 278 g/mol. The van der Waals surface area contributed by atoms with E-state index in [2.05, 4.69) is 49.7 Å². The zero-order valence-electron chi connectivity index (χ0n) is 12.0. The van der Waals surface area contributed by atoms with Crippen molar-refractivity contribution in [3.05, 3.63) is 5.28 Å². The second-order valence-electron chi connectivity index (χ2n) is 4.39. The van der Waals surface area contributed by atoms with Crippen LogP contribution in [0.1, 0.15) is 20.3 Å². The monoisotopic (exact) mass is 295 g/mol. The Kier molecular flexibility index (Phi) is 4.39. The topological polar surface area (TPSA) is 87.7 Å². The van der Waals surface area contributed by atoms with E-state index in [1.54, 1.807) is 14.1 Å². The number of hydrogen-bond acceptors (Lipinski definition) is 7. The van der Waals surface area contributed by atoms with Crippen molar-refractivity contribution in [2.75, 3.05) is 30.0 Å². The lowest BCUT2D eigenvalue weighted by Gasteiger charge is -2.14. The summed E-state index contributed by atoms with van der Waals surface area (Å²) in [6, 6.07) is 0.281. The van der Waals surface area contributed by atoms with Crippen LogP contribution in [0.3, 0.4) is 0 Å². The van der Waals surface area contributed by atoms with Crippen molar-refractivity contribution >= 4 is 40.2 Å². The van der Waals surface area contributed by atoms with Crippen LogP contribution in [0.15, 0.2) is 0 Å². The molecular formula is C12H18ClN7. The molecule has 0 aromatic carbocycles. The van der Waals surface area contributed by atoms with Crippen LogP contribution in [0.2, 0.25) is 5.28 Å². The smallest absolute Gasteiger partial charge is 0.225 e. The minimum Gasteiger partial charge on any atom is -0.371 e. The number of nitrogens with zero attached hydrogens (tertiary/aromatic N) is 4. The molecule has 2 aromatic heterocycles. The van der Waals surface area contributed by atoms with Gasteiger partial charge in [-0.2, -0.15) is 9.97 Å². The van der Waals surface area contributed by atoms with Crippen LogP contribution in [0.5, 0.6) is 0 Å². The molecule has 0 unspecified atom stereocenters. The van der Waals surface area contributed by atoms with Crippen molar-refractivity contribution in [1.82, 2.24) is 19.9 Å². The van der Waals surface area contributed by atoms with Gasteiger partial charge in [-0.1, -0.05) is 6.92 Å². The van der Waals surface area contributed by atoms with Crippen LogP contribution >= 0.6 is 11.6 Å². The molecule has 0 amide bonds. The van der Waals surface area contributed by atoms with E-state index in [0.29, 0.717) is 28.6 Å². The van der Waals surface area contributed by atoms with Gasteiger partial charge in [-0.05, 0) is 24.9 Å². The van der Waals surface area contributed by atoms with E-state index in [1.165, 1.54) is 0 Å².